The summed E-state index contributed by atoms with van der Waals surface area (Å²) in [5.74, 6) is -0.0950. The van der Waals surface area contributed by atoms with Gasteiger partial charge in [-0.05, 0) is 17.9 Å². The van der Waals surface area contributed by atoms with Gasteiger partial charge in [-0.2, -0.15) is 12.6 Å². The normalized spacial score (nSPS) is 10.9. The Morgan fingerprint density at radius 2 is 1.65 bits per heavy atom. The Labute approximate surface area is 111 Å². The maximum Gasteiger partial charge on any atom is 0.306 e. The van der Waals surface area contributed by atoms with Gasteiger partial charge in [0.1, 0.15) is 6.61 Å². The zero-order chi connectivity index (χ0) is 12.8. The van der Waals surface area contributed by atoms with Gasteiger partial charge in [-0.15, -0.1) is 0 Å². The standard InChI is InChI=1S/C14H26O2S/c1-2-3-4-5-6-7-8-9-11-14(15)16-12-10-13-17/h10,13,17H,2-9,11-12H2,1H3. The van der Waals surface area contributed by atoms with Crippen molar-refractivity contribution < 1.29 is 9.53 Å². The molecule has 0 bridgehead atoms. The second-order valence-corrected chi connectivity index (χ2v) is 4.59. The Kier molecular flexibility index (Phi) is 13.3. The van der Waals surface area contributed by atoms with Gasteiger partial charge in [-0.3, -0.25) is 4.79 Å². The van der Waals surface area contributed by atoms with E-state index in [4.69, 9.17) is 4.74 Å². The van der Waals surface area contributed by atoms with Crippen LogP contribution in [0.4, 0.5) is 0 Å². The Bertz CT molecular complexity index is 202. The third kappa shape index (κ3) is 13.5. The fourth-order valence-corrected chi connectivity index (χ4v) is 1.75. The lowest BCUT2D eigenvalue weighted by Crippen LogP contribution is -2.03. The molecule has 0 spiro atoms. The zero-order valence-corrected chi connectivity index (χ0v) is 11.9. The van der Waals surface area contributed by atoms with Crippen molar-refractivity contribution in [2.45, 2.75) is 64.7 Å². The number of rotatable bonds is 11. The number of unbranched alkanes of at least 4 members (excludes halogenated alkanes) is 7. The highest BCUT2D eigenvalue weighted by Gasteiger charge is 2.00. The Balaban J connectivity index is 3.13. The zero-order valence-electron chi connectivity index (χ0n) is 11.0. The molecule has 0 saturated heterocycles. The van der Waals surface area contributed by atoms with Crippen molar-refractivity contribution in [2.24, 2.45) is 0 Å². The maximum atomic E-state index is 11.2. The quantitative estimate of drug-likeness (QED) is 0.335. The molecule has 0 unspecified atom stereocenters. The van der Waals surface area contributed by atoms with Crippen LogP contribution in [0.1, 0.15) is 64.7 Å². The van der Waals surface area contributed by atoms with Crippen molar-refractivity contribution >= 4 is 18.6 Å². The molecule has 3 heteroatoms. The lowest BCUT2D eigenvalue weighted by molar-refractivity contribution is -0.142. The predicted molar refractivity (Wildman–Crippen MR) is 76.3 cm³/mol. The van der Waals surface area contributed by atoms with E-state index in [2.05, 4.69) is 19.6 Å². The van der Waals surface area contributed by atoms with Crippen molar-refractivity contribution in [1.82, 2.24) is 0 Å². The summed E-state index contributed by atoms with van der Waals surface area (Å²) in [6.45, 7) is 2.58. The molecule has 0 aromatic heterocycles. The van der Waals surface area contributed by atoms with E-state index in [0.29, 0.717) is 13.0 Å². The van der Waals surface area contributed by atoms with Crippen molar-refractivity contribution in [1.29, 1.82) is 0 Å². The maximum absolute atomic E-state index is 11.2. The minimum atomic E-state index is -0.0950. The van der Waals surface area contributed by atoms with Crippen LogP contribution in [0, 0.1) is 0 Å². The highest BCUT2D eigenvalue weighted by molar-refractivity contribution is 7.83. The molecule has 0 amide bonds. The van der Waals surface area contributed by atoms with Gasteiger partial charge in [0.15, 0.2) is 0 Å². The summed E-state index contributed by atoms with van der Waals surface area (Å²) >= 11 is 3.88. The van der Waals surface area contributed by atoms with Crippen LogP contribution in [-0.2, 0) is 9.53 Å². The first-order chi connectivity index (χ1) is 8.31. The van der Waals surface area contributed by atoms with Gasteiger partial charge in [-0.1, -0.05) is 51.9 Å². The second-order valence-electron chi connectivity index (χ2n) is 4.29. The van der Waals surface area contributed by atoms with E-state index >= 15 is 0 Å². The molecule has 0 aliphatic heterocycles. The molecule has 0 atom stereocenters. The molecular formula is C14H26O2S. The Hall–Kier alpha value is -0.440. The van der Waals surface area contributed by atoms with Gasteiger partial charge in [0.2, 0.25) is 0 Å². The summed E-state index contributed by atoms with van der Waals surface area (Å²) in [6.07, 6.45) is 12.3. The van der Waals surface area contributed by atoms with Gasteiger partial charge in [0.05, 0.1) is 0 Å². The van der Waals surface area contributed by atoms with Crippen LogP contribution in [0.25, 0.3) is 0 Å². The van der Waals surface area contributed by atoms with Crippen molar-refractivity contribution in [2.75, 3.05) is 6.61 Å². The lowest BCUT2D eigenvalue weighted by Gasteiger charge is -2.02. The lowest BCUT2D eigenvalue weighted by atomic mass is 10.1. The number of carbonyl (C=O) groups excluding carboxylic acids is 1. The van der Waals surface area contributed by atoms with Crippen LogP contribution in [0.5, 0.6) is 0 Å². The number of thiol groups is 1. The van der Waals surface area contributed by atoms with E-state index in [1.807, 2.05) is 0 Å². The number of carbonyl (C=O) groups is 1. The molecule has 0 aromatic carbocycles. The fraction of sp³-hybridized carbons (Fsp3) is 0.786. The molecular weight excluding hydrogens is 232 g/mol. The summed E-state index contributed by atoms with van der Waals surface area (Å²) in [5, 5.41) is 1.59. The molecule has 0 aliphatic rings. The van der Waals surface area contributed by atoms with Crippen LogP contribution in [0.15, 0.2) is 11.5 Å². The summed E-state index contributed by atoms with van der Waals surface area (Å²) in [7, 11) is 0. The summed E-state index contributed by atoms with van der Waals surface area (Å²) in [5.41, 5.74) is 0. The number of esters is 1. The first-order valence-corrected chi connectivity index (χ1v) is 7.27. The highest BCUT2D eigenvalue weighted by atomic mass is 32.1. The highest BCUT2D eigenvalue weighted by Crippen LogP contribution is 2.09. The van der Waals surface area contributed by atoms with Gasteiger partial charge in [-0.25, -0.2) is 0 Å². The van der Waals surface area contributed by atoms with Crippen molar-refractivity contribution in [3.05, 3.63) is 11.5 Å². The number of hydrogen-bond acceptors (Lipinski definition) is 3. The smallest absolute Gasteiger partial charge is 0.306 e. The number of ether oxygens (including phenoxy) is 1. The molecule has 0 radical (unpaired) electrons. The molecule has 0 aromatic rings. The average Bonchev–Trinajstić information content (AvgIpc) is 2.33. The van der Waals surface area contributed by atoms with Crippen molar-refractivity contribution in [3.8, 4) is 0 Å². The third-order valence-electron chi connectivity index (χ3n) is 2.68. The van der Waals surface area contributed by atoms with E-state index in [9.17, 15) is 4.79 Å². The predicted octanol–water partition coefficient (Wildman–Crippen LogP) is 4.50. The molecule has 0 heterocycles. The first-order valence-electron chi connectivity index (χ1n) is 6.76. The SMILES string of the molecule is CCCCCCCCCCC(=O)OCC=CS. The van der Waals surface area contributed by atoms with Crippen molar-refractivity contribution in [3.63, 3.8) is 0 Å². The monoisotopic (exact) mass is 258 g/mol. The Morgan fingerprint density at radius 3 is 2.24 bits per heavy atom. The largest absolute Gasteiger partial charge is 0.461 e. The van der Waals surface area contributed by atoms with Crippen LogP contribution >= 0.6 is 12.6 Å². The van der Waals surface area contributed by atoms with E-state index in [-0.39, 0.29) is 5.97 Å². The molecule has 0 fully saturated rings. The molecule has 0 aliphatic carbocycles. The van der Waals surface area contributed by atoms with Crippen LogP contribution in [-0.4, -0.2) is 12.6 Å². The molecule has 0 saturated carbocycles. The Morgan fingerprint density at radius 1 is 1.06 bits per heavy atom. The minimum absolute atomic E-state index is 0.0950. The summed E-state index contributed by atoms with van der Waals surface area (Å²) in [4.78, 5) is 11.2. The molecule has 100 valence electrons. The molecule has 17 heavy (non-hydrogen) atoms. The van der Waals surface area contributed by atoms with E-state index < -0.39 is 0 Å². The van der Waals surface area contributed by atoms with E-state index in [1.54, 1.807) is 11.5 Å². The van der Waals surface area contributed by atoms with Crippen LogP contribution in [0.2, 0.25) is 0 Å². The van der Waals surface area contributed by atoms with Crippen LogP contribution < -0.4 is 0 Å². The fourth-order valence-electron chi connectivity index (χ4n) is 1.66. The second kappa shape index (κ2) is 13.6. The molecule has 0 N–H and O–H groups in total. The average molecular weight is 258 g/mol. The first kappa shape index (κ1) is 16.6. The molecule has 0 rings (SSSR count). The van der Waals surface area contributed by atoms with Gasteiger partial charge < -0.3 is 4.74 Å². The van der Waals surface area contributed by atoms with Gasteiger partial charge in [0.25, 0.3) is 0 Å². The number of hydrogen-bond donors (Lipinski definition) is 1. The summed E-state index contributed by atoms with van der Waals surface area (Å²) in [6, 6.07) is 0. The minimum Gasteiger partial charge on any atom is -0.461 e. The summed E-state index contributed by atoms with van der Waals surface area (Å²) < 4.78 is 4.97. The molecule has 2 nitrogen and oxygen atoms in total. The van der Waals surface area contributed by atoms with E-state index in [1.165, 1.54) is 38.5 Å². The van der Waals surface area contributed by atoms with Gasteiger partial charge >= 0.3 is 5.97 Å². The third-order valence-corrected chi connectivity index (χ3v) is 2.89. The topological polar surface area (TPSA) is 26.3 Å². The van der Waals surface area contributed by atoms with Gasteiger partial charge in [0, 0.05) is 6.42 Å². The van der Waals surface area contributed by atoms with Crippen LogP contribution in [0.3, 0.4) is 0 Å². The van der Waals surface area contributed by atoms with E-state index in [0.717, 1.165) is 12.8 Å².